The number of hydrogen-bond donors (Lipinski definition) is 1. The summed E-state index contributed by atoms with van der Waals surface area (Å²) in [7, 11) is 0. The Bertz CT molecular complexity index is 881. The Labute approximate surface area is 122 Å². The lowest BCUT2D eigenvalue weighted by atomic mass is 10.1. The van der Waals surface area contributed by atoms with E-state index in [1.54, 1.807) is 29.7 Å². The maximum atomic E-state index is 11.1. The minimum Gasteiger partial charge on any atom is -0.477 e. The molecule has 106 valence electrons. The van der Waals surface area contributed by atoms with Crippen molar-refractivity contribution < 1.29 is 14.8 Å². The second-order valence-electron chi connectivity index (χ2n) is 4.41. The first kappa shape index (κ1) is 13.3. The van der Waals surface area contributed by atoms with Crippen LogP contribution in [-0.2, 0) is 0 Å². The summed E-state index contributed by atoms with van der Waals surface area (Å²) < 4.78 is 1.68. The molecule has 0 saturated heterocycles. The molecule has 0 radical (unpaired) electrons. The molecule has 2 heterocycles. The van der Waals surface area contributed by atoms with E-state index in [9.17, 15) is 14.9 Å². The number of rotatable bonds is 3. The van der Waals surface area contributed by atoms with Gasteiger partial charge in [0.25, 0.3) is 5.69 Å². The molecular weight excluding hydrogens is 294 g/mol. The topological polar surface area (TPSA) is 97.7 Å². The summed E-state index contributed by atoms with van der Waals surface area (Å²) in [4.78, 5) is 26.5. The molecule has 1 N–H and O–H groups in total. The molecule has 0 saturated carbocycles. The third kappa shape index (κ3) is 2.15. The van der Waals surface area contributed by atoms with E-state index in [0.717, 1.165) is 11.3 Å². The van der Waals surface area contributed by atoms with Crippen LogP contribution < -0.4 is 0 Å². The summed E-state index contributed by atoms with van der Waals surface area (Å²) in [5.74, 6) is -0.986. The zero-order chi connectivity index (χ0) is 15.1. The first-order chi connectivity index (χ1) is 9.97. The molecule has 0 unspecified atom stereocenters. The Morgan fingerprint density at radius 2 is 2.24 bits per heavy atom. The maximum absolute atomic E-state index is 11.1. The van der Waals surface area contributed by atoms with Crippen LogP contribution in [0.5, 0.6) is 0 Å². The molecule has 0 fully saturated rings. The molecule has 1 aromatic carbocycles. The minimum atomic E-state index is -0.986. The van der Waals surface area contributed by atoms with Gasteiger partial charge in [0.1, 0.15) is 4.88 Å². The molecule has 0 bridgehead atoms. The fourth-order valence-electron chi connectivity index (χ4n) is 2.07. The molecule has 8 heteroatoms. The molecule has 0 amide bonds. The lowest BCUT2D eigenvalue weighted by Gasteiger charge is -1.96. The Balaban J connectivity index is 2.12. The number of nitrogens with zero attached hydrogens (tertiary/aromatic N) is 3. The van der Waals surface area contributed by atoms with Crippen molar-refractivity contribution in [2.24, 2.45) is 0 Å². The number of nitro benzene ring substituents is 1. The third-order valence-electron chi connectivity index (χ3n) is 3.10. The van der Waals surface area contributed by atoms with Gasteiger partial charge in [0.05, 0.1) is 10.6 Å². The van der Waals surface area contributed by atoms with Crippen LogP contribution in [0.1, 0.15) is 15.4 Å². The van der Waals surface area contributed by atoms with Gasteiger partial charge in [-0.1, -0.05) is 23.5 Å². The average molecular weight is 303 g/mol. The van der Waals surface area contributed by atoms with Gasteiger partial charge in [-0.15, -0.1) is 0 Å². The van der Waals surface area contributed by atoms with E-state index >= 15 is 0 Å². The predicted molar refractivity (Wildman–Crippen MR) is 76.9 cm³/mol. The summed E-state index contributed by atoms with van der Waals surface area (Å²) >= 11 is 1.08. The molecule has 2 aromatic heterocycles. The molecule has 3 aromatic rings. The van der Waals surface area contributed by atoms with Gasteiger partial charge in [-0.25, -0.2) is 9.78 Å². The lowest BCUT2D eigenvalue weighted by molar-refractivity contribution is -0.384. The van der Waals surface area contributed by atoms with Crippen LogP contribution in [0.25, 0.3) is 16.2 Å². The van der Waals surface area contributed by atoms with Crippen LogP contribution in [0.4, 0.5) is 5.69 Å². The summed E-state index contributed by atoms with van der Waals surface area (Å²) in [6.07, 6.45) is 1.69. The Kier molecular flexibility index (Phi) is 2.95. The van der Waals surface area contributed by atoms with Gasteiger partial charge in [0.2, 0.25) is 0 Å². The molecule has 0 atom stereocenters. The molecule has 0 aliphatic carbocycles. The van der Waals surface area contributed by atoms with Gasteiger partial charge in [-0.3, -0.25) is 14.5 Å². The van der Waals surface area contributed by atoms with E-state index in [-0.39, 0.29) is 10.6 Å². The van der Waals surface area contributed by atoms with Crippen molar-refractivity contribution in [1.29, 1.82) is 0 Å². The minimum absolute atomic E-state index is 0.00759. The number of carbonyl (C=O) groups is 1. The van der Waals surface area contributed by atoms with Crippen molar-refractivity contribution in [2.75, 3.05) is 0 Å². The van der Waals surface area contributed by atoms with Crippen molar-refractivity contribution in [1.82, 2.24) is 9.38 Å². The number of non-ortho nitro benzene ring substituents is 1. The number of aromatic carboxylic acids is 1. The standard InChI is InChI=1S/C13H9N3O4S/c1-7-11(12(17)18)21-13-14-10(6-15(7)13)8-3-2-4-9(5-8)16(19)20/h2-6H,1H3,(H,17,18). The predicted octanol–water partition coefficient (Wildman–Crippen LogP) is 2.98. The number of carboxylic acid groups (broad SMARTS) is 1. The Morgan fingerprint density at radius 1 is 1.48 bits per heavy atom. The van der Waals surface area contributed by atoms with E-state index in [4.69, 9.17) is 5.11 Å². The number of benzene rings is 1. The van der Waals surface area contributed by atoms with Gasteiger partial charge in [0, 0.05) is 29.6 Å². The monoisotopic (exact) mass is 303 g/mol. The van der Waals surface area contributed by atoms with Gasteiger partial charge in [-0.2, -0.15) is 0 Å². The van der Waals surface area contributed by atoms with Gasteiger partial charge in [-0.05, 0) is 6.92 Å². The molecule has 0 aliphatic rings. The molecule has 7 nitrogen and oxygen atoms in total. The Hall–Kier alpha value is -2.74. The highest BCUT2D eigenvalue weighted by molar-refractivity contribution is 7.19. The number of thiazole rings is 1. The molecule has 0 aliphatic heterocycles. The first-order valence-corrected chi connectivity index (χ1v) is 6.75. The molecule has 3 rings (SSSR count). The summed E-state index contributed by atoms with van der Waals surface area (Å²) in [5, 5.41) is 19.9. The smallest absolute Gasteiger partial charge is 0.347 e. The zero-order valence-electron chi connectivity index (χ0n) is 10.8. The number of hydrogen-bond acceptors (Lipinski definition) is 5. The van der Waals surface area contributed by atoms with Crippen molar-refractivity contribution in [2.45, 2.75) is 6.92 Å². The number of imidazole rings is 1. The van der Waals surface area contributed by atoms with Crippen LogP contribution in [0.3, 0.4) is 0 Å². The highest BCUT2D eigenvalue weighted by Gasteiger charge is 2.17. The number of aromatic nitrogens is 2. The van der Waals surface area contributed by atoms with E-state index in [1.165, 1.54) is 12.1 Å². The van der Waals surface area contributed by atoms with Crippen LogP contribution in [0, 0.1) is 17.0 Å². The van der Waals surface area contributed by atoms with Crippen molar-refractivity contribution in [3.8, 4) is 11.3 Å². The first-order valence-electron chi connectivity index (χ1n) is 5.94. The highest BCUT2D eigenvalue weighted by atomic mass is 32.1. The van der Waals surface area contributed by atoms with E-state index in [2.05, 4.69) is 4.98 Å². The van der Waals surface area contributed by atoms with Gasteiger partial charge < -0.3 is 5.11 Å². The quantitative estimate of drug-likeness (QED) is 0.592. The molecular formula is C13H9N3O4S. The summed E-state index contributed by atoms with van der Waals surface area (Å²) in [6.45, 7) is 1.70. The van der Waals surface area contributed by atoms with Crippen LogP contribution in [0.2, 0.25) is 0 Å². The molecule has 0 spiro atoms. The van der Waals surface area contributed by atoms with Crippen LogP contribution in [0.15, 0.2) is 30.5 Å². The van der Waals surface area contributed by atoms with Crippen LogP contribution >= 0.6 is 11.3 Å². The average Bonchev–Trinajstić information content (AvgIpc) is 2.99. The van der Waals surface area contributed by atoms with Crippen molar-refractivity contribution in [3.05, 3.63) is 51.1 Å². The van der Waals surface area contributed by atoms with Crippen molar-refractivity contribution >= 4 is 28.0 Å². The number of nitro groups is 1. The second-order valence-corrected chi connectivity index (χ2v) is 5.39. The van der Waals surface area contributed by atoms with Gasteiger partial charge >= 0.3 is 5.97 Å². The largest absolute Gasteiger partial charge is 0.477 e. The van der Waals surface area contributed by atoms with Gasteiger partial charge in [0.15, 0.2) is 4.96 Å². The van der Waals surface area contributed by atoms with E-state index in [1.807, 2.05) is 0 Å². The van der Waals surface area contributed by atoms with Crippen molar-refractivity contribution in [3.63, 3.8) is 0 Å². The fraction of sp³-hybridized carbons (Fsp3) is 0.0769. The normalized spacial score (nSPS) is 10.9. The number of aryl methyl sites for hydroxylation is 1. The lowest BCUT2D eigenvalue weighted by Crippen LogP contribution is -1.96. The summed E-state index contributed by atoms with van der Waals surface area (Å²) in [6, 6.07) is 6.18. The van der Waals surface area contributed by atoms with Crippen LogP contribution in [-0.4, -0.2) is 25.4 Å². The Morgan fingerprint density at radius 3 is 2.86 bits per heavy atom. The fourth-order valence-corrected chi connectivity index (χ4v) is 3.01. The van der Waals surface area contributed by atoms with E-state index in [0.29, 0.717) is 21.9 Å². The maximum Gasteiger partial charge on any atom is 0.347 e. The second kappa shape index (κ2) is 4.67. The number of carboxylic acids is 1. The van der Waals surface area contributed by atoms with E-state index < -0.39 is 10.9 Å². The number of fused-ring (bicyclic) bond motifs is 1. The third-order valence-corrected chi connectivity index (χ3v) is 4.25. The summed E-state index contributed by atoms with van der Waals surface area (Å²) in [5.41, 5.74) is 1.78. The molecule has 21 heavy (non-hydrogen) atoms. The SMILES string of the molecule is Cc1c(C(=O)O)sc2nc(-c3cccc([N+](=O)[O-])c3)cn12. The highest BCUT2D eigenvalue weighted by Crippen LogP contribution is 2.28. The zero-order valence-corrected chi connectivity index (χ0v) is 11.6.